The lowest BCUT2D eigenvalue weighted by atomic mass is 9.92. The third kappa shape index (κ3) is 5.39. The van der Waals surface area contributed by atoms with Gasteiger partial charge < -0.3 is 15.4 Å². The van der Waals surface area contributed by atoms with E-state index >= 15 is 0 Å². The van der Waals surface area contributed by atoms with Gasteiger partial charge in [-0.15, -0.1) is 0 Å². The predicted molar refractivity (Wildman–Crippen MR) is 68.8 cm³/mol. The first-order valence-electron chi connectivity index (χ1n) is 6.79. The molecule has 0 bridgehead atoms. The predicted octanol–water partition coefficient (Wildman–Crippen LogP) is 2.37. The van der Waals surface area contributed by atoms with Crippen LogP contribution in [0.2, 0.25) is 0 Å². The Morgan fingerprint density at radius 3 is 2.53 bits per heavy atom. The monoisotopic (exact) mass is 242 g/mol. The Morgan fingerprint density at radius 1 is 1.35 bits per heavy atom. The minimum Gasteiger partial charge on any atom is -0.447 e. The quantitative estimate of drug-likeness (QED) is 0.753. The van der Waals surface area contributed by atoms with Crippen LogP contribution < -0.4 is 5.73 Å². The Labute approximate surface area is 104 Å². The molecule has 0 aromatic rings. The lowest BCUT2D eigenvalue weighted by molar-refractivity contribution is 0.0646. The fourth-order valence-corrected chi connectivity index (χ4v) is 2.26. The van der Waals surface area contributed by atoms with E-state index in [0.717, 1.165) is 44.8 Å². The van der Waals surface area contributed by atoms with Gasteiger partial charge in [-0.3, -0.25) is 0 Å². The van der Waals surface area contributed by atoms with Crippen LogP contribution in [-0.2, 0) is 4.74 Å². The molecule has 1 aliphatic rings. The number of rotatable bonds is 5. The van der Waals surface area contributed by atoms with Crippen molar-refractivity contribution >= 4 is 6.09 Å². The minimum absolute atomic E-state index is 0.0234. The van der Waals surface area contributed by atoms with Gasteiger partial charge in [0.05, 0.1) is 6.10 Å². The smallest absolute Gasteiger partial charge is 0.410 e. The van der Waals surface area contributed by atoms with Gasteiger partial charge >= 0.3 is 6.09 Å². The second-order valence-electron chi connectivity index (χ2n) is 5.15. The van der Waals surface area contributed by atoms with Crippen molar-refractivity contribution in [1.82, 2.24) is 4.90 Å². The molecule has 0 unspecified atom stereocenters. The van der Waals surface area contributed by atoms with E-state index in [2.05, 4.69) is 0 Å². The lowest BCUT2D eigenvalue weighted by Crippen LogP contribution is -2.39. The van der Waals surface area contributed by atoms with Crippen LogP contribution in [0.3, 0.4) is 0 Å². The second kappa shape index (κ2) is 7.54. The molecule has 100 valence electrons. The zero-order chi connectivity index (χ0) is 12.7. The van der Waals surface area contributed by atoms with Crippen LogP contribution in [0.25, 0.3) is 0 Å². The Bertz CT molecular complexity index is 223. The van der Waals surface area contributed by atoms with Crippen molar-refractivity contribution in [2.75, 3.05) is 19.6 Å². The standard InChI is InChI=1S/C13H26N2O2/c1-11(2)17-13(16)15-9-6-12(7-10-15)5-3-4-8-14/h11-12H,3-10,14H2,1-2H3. The van der Waals surface area contributed by atoms with E-state index in [1.54, 1.807) is 0 Å². The maximum absolute atomic E-state index is 11.7. The molecule has 1 rings (SSSR count). The molecular weight excluding hydrogens is 216 g/mol. The van der Waals surface area contributed by atoms with Gasteiger partial charge in [0.15, 0.2) is 0 Å². The lowest BCUT2D eigenvalue weighted by Gasteiger charge is -2.31. The number of carbonyl (C=O) groups is 1. The number of unbranched alkanes of at least 4 members (excludes halogenated alkanes) is 1. The van der Waals surface area contributed by atoms with E-state index in [1.165, 1.54) is 12.8 Å². The first-order valence-corrected chi connectivity index (χ1v) is 6.79. The van der Waals surface area contributed by atoms with Gasteiger partial charge in [0.1, 0.15) is 0 Å². The molecule has 0 atom stereocenters. The number of amides is 1. The highest BCUT2D eigenvalue weighted by Crippen LogP contribution is 2.22. The summed E-state index contributed by atoms with van der Waals surface area (Å²) in [5.74, 6) is 0.768. The largest absolute Gasteiger partial charge is 0.447 e. The maximum atomic E-state index is 11.7. The second-order valence-corrected chi connectivity index (χ2v) is 5.15. The Balaban J connectivity index is 2.18. The van der Waals surface area contributed by atoms with E-state index in [1.807, 2.05) is 18.7 Å². The summed E-state index contributed by atoms with van der Waals surface area (Å²) >= 11 is 0. The molecule has 1 saturated heterocycles. The Kier molecular flexibility index (Phi) is 6.34. The van der Waals surface area contributed by atoms with Crippen LogP contribution >= 0.6 is 0 Å². The number of hydrogen-bond acceptors (Lipinski definition) is 3. The Morgan fingerprint density at radius 2 is 2.00 bits per heavy atom. The molecule has 1 fully saturated rings. The summed E-state index contributed by atoms with van der Waals surface area (Å²) in [7, 11) is 0. The normalized spacial score (nSPS) is 17.5. The van der Waals surface area contributed by atoms with Crippen LogP contribution in [0.15, 0.2) is 0 Å². The summed E-state index contributed by atoms with van der Waals surface area (Å²) in [5, 5.41) is 0. The number of nitrogens with zero attached hydrogens (tertiary/aromatic N) is 1. The number of likely N-dealkylation sites (tertiary alicyclic amines) is 1. The molecule has 0 aromatic heterocycles. The van der Waals surface area contributed by atoms with E-state index in [4.69, 9.17) is 10.5 Å². The highest BCUT2D eigenvalue weighted by atomic mass is 16.6. The van der Waals surface area contributed by atoms with Crippen molar-refractivity contribution in [3.05, 3.63) is 0 Å². The van der Waals surface area contributed by atoms with E-state index < -0.39 is 0 Å². The summed E-state index contributed by atoms with van der Waals surface area (Å²) < 4.78 is 5.19. The highest BCUT2D eigenvalue weighted by molar-refractivity contribution is 5.67. The first kappa shape index (κ1) is 14.3. The number of carbonyl (C=O) groups excluding carboxylic acids is 1. The van der Waals surface area contributed by atoms with Crippen molar-refractivity contribution < 1.29 is 9.53 Å². The van der Waals surface area contributed by atoms with Gasteiger partial charge in [0, 0.05) is 13.1 Å². The SMILES string of the molecule is CC(C)OC(=O)N1CCC(CCCCN)CC1. The number of ether oxygens (including phenoxy) is 1. The van der Waals surface area contributed by atoms with Gasteiger partial charge in [-0.05, 0) is 45.6 Å². The molecule has 0 aliphatic carbocycles. The van der Waals surface area contributed by atoms with Crippen LogP contribution in [0, 0.1) is 5.92 Å². The molecule has 0 aromatic carbocycles. The third-order valence-electron chi connectivity index (χ3n) is 3.28. The zero-order valence-corrected chi connectivity index (χ0v) is 11.2. The molecule has 0 spiro atoms. The molecule has 17 heavy (non-hydrogen) atoms. The fraction of sp³-hybridized carbons (Fsp3) is 0.923. The van der Waals surface area contributed by atoms with Gasteiger partial charge in [-0.25, -0.2) is 4.79 Å². The fourth-order valence-electron chi connectivity index (χ4n) is 2.26. The van der Waals surface area contributed by atoms with Gasteiger partial charge in [0.25, 0.3) is 0 Å². The minimum atomic E-state index is -0.152. The van der Waals surface area contributed by atoms with Crippen molar-refractivity contribution in [2.45, 2.75) is 52.1 Å². The van der Waals surface area contributed by atoms with Crippen molar-refractivity contribution in [3.63, 3.8) is 0 Å². The average molecular weight is 242 g/mol. The number of nitrogens with two attached hydrogens (primary N) is 1. The highest BCUT2D eigenvalue weighted by Gasteiger charge is 2.23. The molecule has 0 saturated carbocycles. The van der Waals surface area contributed by atoms with Crippen LogP contribution in [-0.4, -0.2) is 36.7 Å². The number of hydrogen-bond donors (Lipinski definition) is 1. The first-order chi connectivity index (χ1) is 8.13. The van der Waals surface area contributed by atoms with E-state index in [0.29, 0.717) is 0 Å². The van der Waals surface area contributed by atoms with Crippen LogP contribution in [0.1, 0.15) is 46.0 Å². The summed E-state index contributed by atoms with van der Waals surface area (Å²) in [5.41, 5.74) is 5.48. The maximum Gasteiger partial charge on any atom is 0.410 e. The topological polar surface area (TPSA) is 55.6 Å². The molecule has 1 aliphatic heterocycles. The molecule has 2 N–H and O–H groups in total. The van der Waals surface area contributed by atoms with Gasteiger partial charge in [0.2, 0.25) is 0 Å². The molecule has 1 heterocycles. The van der Waals surface area contributed by atoms with Crippen molar-refractivity contribution in [2.24, 2.45) is 11.7 Å². The molecule has 4 nitrogen and oxygen atoms in total. The zero-order valence-electron chi connectivity index (χ0n) is 11.2. The van der Waals surface area contributed by atoms with E-state index in [-0.39, 0.29) is 12.2 Å². The third-order valence-corrected chi connectivity index (χ3v) is 3.28. The molecule has 1 amide bonds. The Hall–Kier alpha value is -0.770. The summed E-state index contributed by atoms with van der Waals surface area (Å²) in [6.45, 7) is 6.26. The van der Waals surface area contributed by atoms with E-state index in [9.17, 15) is 4.79 Å². The van der Waals surface area contributed by atoms with Crippen LogP contribution in [0.5, 0.6) is 0 Å². The average Bonchev–Trinajstić information content (AvgIpc) is 2.29. The molecular formula is C13H26N2O2. The van der Waals surface area contributed by atoms with Crippen LogP contribution in [0.4, 0.5) is 4.79 Å². The molecule has 0 radical (unpaired) electrons. The molecule has 4 heteroatoms. The summed E-state index contributed by atoms with van der Waals surface area (Å²) in [4.78, 5) is 13.5. The van der Waals surface area contributed by atoms with Gasteiger partial charge in [-0.1, -0.05) is 12.8 Å². The number of piperidine rings is 1. The summed E-state index contributed by atoms with van der Waals surface area (Å²) in [6.07, 6.45) is 5.64. The van der Waals surface area contributed by atoms with Gasteiger partial charge in [-0.2, -0.15) is 0 Å². The van der Waals surface area contributed by atoms with Crippen molar-refractivity contribution in [3.8, 4) is 0 Å². The van der Waals surface area contributed by atoms with Crippen molar-refractivity contribution in [1.29, 1.82) is 0 Å². The summed E-state index contributed by atoms with van der Waals surface area (Å²) in [6, 6.07) is 0.